The van der Waals surface area contributed by atoms with Crippen LogP contribution >= 0.6 is 23.5 Å². The number of aromatic nitrogens is 3. The number of fused-ring (bicyclic) bond motifs is 2. The molecule has 3 aromatic carbocycles. The Balaban J connectivity index is 1.40. The van der Waals surface area contributed by atoms with Gasteiger partial charge in [0.15, 0.2) is 5.96 Å². The van der Waals surface area contributed by atoms with E-state index in [-0.39, 0.29) is 56.1 Å². The molecule has 0 bridgehead atoms. The van der Waals surface area contributed by atoms with Crippen LogP contribution in [-0.4, -0.2) is 129 Å². The molecule has 2 aromatic heterocycles. The molecule has 1 aliphatic heterocycles. The van der Waals surface area contributed by atoms with E-state index in [0.717, 1.165) is 28.5 Å². The molecule has 0 radical (unpaired) electrons. The quantitative estimate of drug-likeness (QED) is 0.0355. The zero-order valence-electron chi connectivity index (χ0n) is 43.7. The smallest absolute Gasteiger partial charge is 0.244 e. The van der Waals surface area contributed by atoms with Gasteiger partial charge in [0.05, 0.1) is 6.33 Å². The molecule has 0 aliphatic carbocycles. The number of nitrogens with two attached hydrogens (primary N) is 3. The highest BCUT2D eigenvalue weighted by atomic mass is 32.2. The van der Waals surface area contributed by atoms with Crippen LogP contribution in [-0.2, 0) is 69.1 Å². The maximum Gasteiger partial charge on any atom is 0.244 e. The van der Waals surface area contributed by atoms with E-state index in [9.17, 15) is 38.4 Å². The van der Waals surface area contributed by atoms with Crippen LogP contribution in [0.4, 0.5) is 0 Å². The minimum atomic E-state index is -1.36. The lowest BCUT2D eigenvalue weighted by atomic mass is 10.0. The highest BCUT2D eigenvalue weighted by Gasteiger charge is 2.35. The molecule has 5 aromatic rings. The lowest BCUT2D eigenvalue weighted by molar-refractivity contribution is -0.135. The third kappa shape index (κ3) is 18.4. The first kappa shape index (κ1) is 59.4. The lowest BCUT2D eigenvalue weighted by Gasteiger charge is -2.28. The molecule has 1 aliphatic rings. The van der Waals surface area contributed by atoms with Gasteiger partial charge in [0.25, 0.3) is 0 Å². The standard InChI is InChI=1S/C54H70N14O8S2/c1-3-4-18-40(62-32(2)69)48(71)68-46-30-78-28-35-16-9-8-15-34(35)27-77-29-45(47(55)70)67-51(74)43(23-36-25-60-39-19-11-10-17-38(36)39)65-49(72)41(20-12-21-59-54(56)57)63-50(73)42(22-33-13-6-5-7-14-33)64-52(75)44(66-53(46)76)24-37-26-58-31-61-37/h5-11,13-17,19,25-26,31,40-46,60H,3-4,12,18,20-24,27-30H2,1-2H3,(H2,55,70)(H,58,61)(H,62,69)(H,63,73)(H,64,75)(H,65,72)(H,66,76)(H,67,74)(H,68,71)(H4,56,57,59)/t40-,41-,42+,43-,44-,45-,46-/m0/s1. The number of guanidine groups is 1. The molecule has 6 rings (SSSR count). The van der Waals surface area contributed by atoms with E-state index >= 15 is 0 Å². The summed E-state index contributed by atoms with van der Waals surface area (Å²) in [7, 11) is 0. The van der Waals surface area contributed by atoms with Gasteiger partial charge in [-0.05, 0) is 47.6 Å². The summed E-state index contributed by atoms with van der Waals surface area (Å²) in [4.78, 5) is 127. The van der Waals surface area contributed by atoms with Crippen molar-refractivity contribution in [3.8, 4) is 0 Å². The number of thioether (sulfide) groups is 2. The van der Waals surface area contributed by atoms with Gasteiger partial charge in [-0.2, -0.15) is 23.5 Å². The third-order valence-corrected chi connectivity index (χ3v) is 15.0. The van der Waals surface area contributed by atoms with Crippen LogP contribution in [0.25, 0.3) is 10.9 Å². The summed E-state index contributed by atoms with van der Waals surface area (Å²) < 4.78 is 0. The zero-order chi connectivity index (χ0) is 56.0. The Morgan fingerprint density at radius 1 is 0.705 bits per heavy atom. The summed E-state index contributed by atoms with van der Waals surface area (Å²) in [6, 6.07) is 15.2. The van der Waals surface area contributed by atoms with Gasteiger partial charge in [-0.15, -0.1) is 0 Å². The molecule has 0 unspecified atom stereocenters. The molecule has 0 spiro atoms. The summed E-state index contributed by atoms with van der Waals surface area (Å²) in [5.41, 5.74) is 21.5. The van der Waals surface area contributed by atoms with Crippen molar-refractivity contribution in [2.75, 3.05) is 18.1 Å². The van der Waals surface area contributed by atoms with E-state index in [1.165, 1.54) is 43.0 Å². The molecule has 0 fully saturated rings. The number of aromatic amines is 2. The number of hydrogen-bond donors (Lipinski definition) is 12. The number of nitrogens with one attached hydrogen (secondary N) is 9. The van der Waals surface area contributed by atoms with Gasteiger partial charge in [-0.25, -0.2) is 4.98 Å². The molecular weight excluding hydrogens is 1040 g/mol. The summed E-state index contributed by atoms with van der Waals surface area (Å²) in [6.45, 7) is 3.33. The Hall–Kier alpha value is -7.86. The molecule has 416 valence electrons. The maximum atomic E-state index is 14.8. The molecule has 0 saturated heterocycles. The van der Waals surface area contributed by atoms with Crippen molar-refractivity contribution in [3.63, 3.8) is 0 Å². The number of imidazole rings is 1. The van der Waals surface area contributed by atoms with Crippen LogP contribution in [0.15, 0.2) is 103 Å². The molecule has 7 atom stereocenters. The number of primary amides is 1. The number of benzene rings is 3. The van der Waals surface area contributed by atoms with E-state index < -0.39 is 89.6 Å². The Bertz CT molecular complexity index is 2860. The lowest BCUT2D eigenvalue weighted by Crippen LogP contribution is -2.61. The number of para-hydroxylation sites is 1. The summed E-state index contributed by atoms with van der Waals surface area (Å²) in [5, 5.41) is 20.4. The number of aliphatic imine (C=N–C) groups is 1. The van der Waals surface area contributed by atoms with Gasteiger partial charge >= 0.3 is 0 Å². The van der Waals surface area contributed by atoms with Crippen LogP contribution in [0.2, 0.25) is 0 Å². The monoisotopic (exact) mass is 1110 g/mol. The number of H-pyrrole nitrogens is 2. The number of carbonyl (C=O) groups excluding carboxylic acids is 8. The Labute approximate surface area is 461 Å². The second-order valence-electron chi connectivity index (χ2n) is 18.9. The molecule has 15 N–H and O–H groups in total. The average molecular weight is 1110 g/mol. The van der Waals surface area contributed by atoms with Gasteiger partial charge in [0.1, 0.15) is 42.3 Å². The normalized spacial score (nSPS) is 20.7. The predicted octanol–water partition coefficient (Wildman–Crippen LogP) is 1.24. The fourth-order valence-electron chi connectivity index (χ4n) is 8.73. The van der Waals surface area contributed by atoms with Crippen molar-refractivity contribution in [2.45, 2.75) is 119 Å². The Morgan fingerprint density at radius 2 is 1.31 bits per heavy atom. The van der Waals surface area contributed by atoms with Crippen molar-refractivity contribution in [1.82, 2.24) is 52.2 Å². The fourth-order valence-corrected chi connectivity index (χ4v) is 10.9. The molecule has 3 heterocycles. The molecular formula is C54H70N14O8S2. The molecule has 22 nitrogen and oxygen atoms in total. The highest BCUT2D eigenvalue weighted by molar-refractivity contribution is 7.99. The molecule has 8 amide bonds. The van der Waals surface area contributed by atoms with Gasteiger partial charge < -0.3 is 64.4 Å². The van der Waals surface area contributed by atoms with Crippen LogP contribution in [0.3, 0.4) is 0 Å². The van der Waals surface area contributed by atoms with E-state index in [0.29, 0.717) is 41.2 Å². The third-order valence-electron chi connectivity index (χ3n) is 12.9. The Kier molecular flexibility index (Phi) is 23.0. The van der Waals surface area contributed by atoms with Crippen molar-refractivity contribution in [3.05, 3.63) is 126 Å². The second kappa shape index (κ2) is 30.2. The Morgan fingerprint density at radius 3 is 1.96 bits per heavy atom. The van der Waals surface area contributed by atoms with Crippen molar-refractivity contribution < 1.29 is 38.4 Å². The van der Waals surface area contributed by atoms with Gasteiger partial charge in [-0.3, -0.25) is 43.3 Å². The SMILES string of the molecule is CCCC[C@H](NC(C)=O)C(=O)N[C@H]1CSCc2ccccc2CSC[C@@H](C(N)=O)NC(=O)[C@H](Cc2c[nH]c3ccccc23)NC(=O)[C@H](CCCN=C(N)N)NC(=O)[C@@H](Cc2ccccc2)NC(=O)[C@H](Cc2cnc[nH]2)NC1=O. The van der Waals surface area contributed by atoms with Gasteiger partial charge in [-0.1, -0.05) is 92.6 Å². The van der Waals surface area contributed by atoms with E-state index in [2.05, 4.69) is 57.2 Å². The number of hydrogen-bond acceptors (Lipinski definition) is 12. The molecule has 24 heteroatoms. The minimum Gasteiger partial charge on any atom is -0.370 e. The number of unbranched alkanes of at least 4 members (excludes halogenated alkanes) is 1. The predicted molar refractivity (Wildman–Crippen MR) is 301 cm³/mol. The van der Waals surface area contributed by atoms with E-state index in [4.69, 9.17) is 17.2 Å². The van der Waals surface area contributed by atoms with Crippen molar-refractivity contribution in [1.29, 1.82) is 0 Å². The fraction of sp³-hybridized carbons (Fsp3) is 0.407. The highest BCUT2D eigenvalue weighted by Crippen LogP contribution is 2.24. The van der Waals surface area contributed by atoms with Gasteiger partial charge in [0.2, 0.25) is 47.3 Å². The summed E-state index contributed by atoms with van der Waals surface area (Å²) >= 11 is 2.70. The van der Waals surface area contributed by atoms with Crippen LogP contribution in [0.1, 0.15) is 73.9 Å². The maximum absolute atomic E-state index is 14.8. The number of rotatable bonds is 17. The largest absolute Gasteiger partial charge is 0.370 e. The number of nitrogens with zero attached hydrogens (tertiary/aromatic N) is 2. The average Bonchev–Trinajstić information content (AvgIpc) is 4.12. The molecule has 78 heavy (non-hydrogen) atoms. The van der Waals surface area contributed by atoms with Crippen LogP contribution in [0, 0.1) is 0 Å². The summed E-state index contributed by atoms with van der Waals surface area (Å²) in [5.74, 6) is -4.89. The van der Waals surface area contributed by atoms with Crippen LogP contribution in [0.5, 0.6) is 0 Å². The second-order valence-corrected chi connectivity index (χ2v) is 21.0. The van der Waals surface area contributed by atoms with E-state index in [1.807, 2.05) is 55.5 Å². The van der Waals surface area contributed by atoms with Crippen molar-refractivity contribution >= 4 is 87.6 Å². The minimum absolute atomic E-state index is 0.0270. The van der Waals surface area contributed by atoms with Gasteiger partial charge in [0, 0.05) is 84.7 Å². The van der Waals surface area contributed by atoms with E-state index in [1.54, 1.807) is 36.5 Å². The zero-order valence-corrected chi connectivity index (χ0v) is 45.3. The summed E-state index contributed by atoms with van der Waals surface area (Å²) in [6.07, 6.45) is 6.25. The van der Waals surface area contributed by atoms with Crippen molar-refractivity contribution in [2.24, 2.45) is 22.2 Å². The molecule has 0 saturated carbocycles. The first-order chi connectivity index (χ1) is 37.6. The first-order valence-electron chi connectivity index (χ1n) is 25.8. The topological polar surface area (TPSA) is 356 Å². The number of amides is 8. The first-order valence-corrected chi connectivity index (χ1v) is 28.1. The number of carbonyl (C=O) groups is 8. The van der Waals surface area contributed by atoms with Crippen LogP contribution < -0.4 is 54.4 Å².